The highest BCUT2D eigenvalue weighted by atomic mass is 16.2. The molecule has 3 aromatic rings. The quantitative estimate of drug-likeness (QED) is 0.206. The fourth-order valence-corrected chi connectivity index (χ4v) is 4.95. The van der Waals surface area contributed by atoms with Gasteiger partial charge in [-0.3, -0.25) is 9.36 Å². The molecule has 0 saturated carbocycles. The topological polar surface area (TPSA) is 22.0 Å². The number of unbranched alkanes of at least 4 members (excludes halogenated alkanes) is 14. The second kappa shape index (κ2) is 14.1. The number of fused-ring (bicyclic) bond motifs is 3. The fraction of sp³-hybridized carbons (Fsp3) is 0.567. The molecule has 3 rings (SSSR count). The summed E-state index contributed by atoms with van der Waals surface area (Å²) in [6, 6.07) is 16.5. The van der Waals surface area contributed by atoms with E-state index in [0.29, 0.717) is 6.42 Å². The molecule has 0 spiro atoms. The van der Waals surface area contributed by atoms with Gasteiger partial charge in [-0.25, -0.2) is 0 Å². The van der Waals surface area contributed by atoms with Gasteiger partial charge in [-0.15, -0.1) is 0 Å². The predicted octanol–water partition coefficient (Wildman–Crippen LogP) is 9.70. The molecule has 1 aromatic heterocycles. The first-order chi connectivity index (χ1) is 15.8. The Morgan fingerprint density at radius 3 is 1.38 bits per heavy atom. The Balaban J connectivity index is 1.27. The zero-order chi connectivity index (χ0) is 22.4. The summed E-state index contributed by atoms with van der Waals surface area (Å²) in [6.07, 6.45) is 20.9. The summed E-state index contributed by atoms with van der Waals surface area (Å²) < 4.78 is 1.94. The summed E-state index contributed by atoms with van der Waals surface area (Å²) in [5.41, 5.74) is 2.08. The maximum atomic E-state index is 13.0. The maximum Gasteiger partial charge on any atom is 0.231 e. The summed E-state index contributed by atoms with van der Waals surface area (Å²) in [6.45, 7) is 2.28. The van der Waals surface area contributed by atoms with E-state index in [9.17, 15) is 4.79 Å². The van der Waals surface area contributed by atoms with E-state index in [4.69, 9.17) is 0 Å². The summed E-state index contributed by atoms with van der Waals surface area (Å²) in [5.74, 6) is 0.233. The first-order valence-corrected chi connectivity index (χ1v) is 13.3. The van der Waals surface area contributed by atoms with Crippen molar-refractivity contribution in [1.82, 2.24) is 4.57 Å². The molecule has 0 N–H and O–H groups in total. The third-order valence-electron chi connectivity index (χ3n) is 6.82. The van der Waals surface area contributed by atoms with Crippen molar-refractivity contribution in [1.29, 1.82) is 0 Å². The van der Waals surface area contributed by atoms with Crippen LogP contribution in [0.4, 0.5) is 0 Å². The monoisotopic (exact) mass is 433 g/mol. The minimum atomic E-state index is 0.233. The van der Waals surface area contributed by atoms with Crippen molar-refractivity contribution in [2.45, 2.75) is 110 Å². The van der Waals surface area contributed by atoms with E-state index in [1.54, 1.807) is 0 Å². The average molecular weight is 434 g/mol. The van der Waals surface area contributed by atoms with Crippen molar-refractivity contribution in [3.05, 3.63) is 48.5 Å². The number of rotatable bonds is 16. The highest BCUT2D eigenvalue weighted by Crippen LogP contribution is 2.29. The van der Waals surface area contributed by atoms with Gasteiger partial charge in [0.1, 0.15) is 0 Å². The highest BCUT2D eigenvalue weighted by molar-refractivity contribution is 6.13. The van der Waals surface area contributed by atoms with Crippen molar-refractivity contribution < 1.29 is 4.79 Å². The van der Waals surface area contributed by atoms with Gasteiger partial charge >= 0.3 is 0 Å². The van der Waals surface area contributed by atoms with E-state index in [-0.39, 0.29) is 5.91 Å². The van der Waals surface area contributed by atoms with Gasteiger partial charge in [-0.05, 0) is 18.6 Å². The lowest BCUT2D eigenvalue weighted by molar-refractivity contribution is 0.0909. The predicted molar refractivity (Wildman–Crippen MR) is 140 cm³/mol. The second-order valence-electron chi connectivity index (χ2n) is 9.46. The van der Waals surface area contributed by atoms with Crippen LogP contribution in [0, 0.1) is 0 Å². The molecule has 0 radical (unpaired) electrons. The van der Waals surface area contributed by atoms with Crippen LogP contribution in [0.15, 0.2) is 48.5 Å². The molecular weight excluding hydrogens is 390 g/mol. The zero-order valence-corrected chi connectivity index (χ0v) is 20.3. The summed E-state index contributed by atoms with van der Waals surface area (Å²) >= 11 is 0. The van der Waals surface area contributed by atoms with Crippen molar-refractivity contribution in [2.75, 3.05) is 0 Å². The average Bonchev–Trinajstić information content (AvgIpc) is 3.16. The van der Waals surface area contributed by atoms with Crippen LogP contribution in [0.5, 0.6) is 0 Å². The van der Waals surface area contributed by atoms with E-state index >= 15 is 0 Å². The molecule has 0 aliphatic carbocycles. The van der Waals surface area contributed by atoms with E-state index in [2.05, 4.69) is 43.3 Å². The molecule has 0 aliphatic heterocycles. The molecule has 0 unspecified atom stereocenters. The highest BCUT2D eigenvalue weighted by Gasteiger charge is 2.14. The molecule has 0 amide bonds. The fourth-order valence-electron chi connectivity index (χ4n) is 4.95. The van der Waals surface area contributed by atoms with E-state index in [0.717, 1.165) is 17.5 Å². The van der Waals surface area contributed by atoms with Crippen LogP contribution < -0.4 is 0 Å². The van der Waals surface area contributed by atoms with Crippen LogP contribution in [0.2, 0.25) is 0 Å². The Hall–Kier alpha value is -2.09. The maximum absolute atomic E-state index is 13.0. The van der Waals surface area contributed by atoms with Gasteiger partial charge in [0.05, 0.1) is 11.0 Å². The molecule has 0 fully saturated rings. The third kappa shape index (κ3) is 7.22. The van der Waals surface area contributed by atoms with Crippen LogP contribution in [0.3, 0.4) is 0 Å². The summed E-state index contributed by atoms with van der Waals surface area (Å²) in [5, 5.41) is 2.35. The van der Waals surface area contributed by atoms with Crippen LogP contribution in [0.1, 0.15) is 114 Å². The van der Waals surface area contributed by atoms with Gasteiger partial charge in [-0.1, -0.05) is 133 Å². The van der Waals surface area contributed by atoms with Gasteiger partial charge in [0.2, 0.25) is 5.91 Å². The van der Waals surface area contributed by atoms with Crippen LogP contribution >= 0.6 is 0 Å². The Bertz CT molecular complexity index is 885. The molecule has 0 saturated heterocycles. The molecule has 32 heavy (non-hydrogen) atoms. The number of aromatic nitrogens is 1. The Labute approximate surface area is 195 Å². The van der Waals surface area contributed by atoms with Gasteiger partial charge in [0.15, 0.2) is 0 Å². The number of para-hydroxylation sites is 2. The number of hydrogen-bond donors (Lipinski definition) is 0. The van der Waals surface area contributed by atoms with Crippen LogP contribution in [-0.2, 0) is 0 Å². The molecule has 0 bridgehead atoms. The minimum absolute atomic E-state index is 0.233. The van der Waals surface area contributed by atoms with Crippen molar-refractivity contribution in [3.63, 3.8) is 0 Å². The zero-order valence-electron chi connectivity index (χ0n) is 20.3. The number of carbonyl (C=O) groups is 1. The number of hydrogen-bond acceptors (Lipinski definition) is 1. The van der Waals surface area contributed by atoms with Gasteiger partial charge in [0.25, 0.3) is 0 Å². The van der Waals surface area contributed by atoms with Crippen molar-refractivity contribution in [3.8, 4) is 0 Å². The van der Waals surface area contributed by atoms with Crippen molar-refractivity contribution >= 4 is 27.7 Å². The van der Waals surface area contributed by atoms with E-state index < -0.39 is 0 Å². The molecule has 2 heteroatoms. The molecule has 174 valence electrons. The largest absolute Gasteiger partial charge is 0.280 e. The minimum Gasteiger partial charge on any atom is -0.280 e. The summed E-state index contributed by atoms with van der Waals surface area (Å²) in [7, 11) is 0. The molecule has 2 aromatic carbocycles. The summed E-state index contributed by atoms with van der Waals surface area (Å²) in [4.78, 5) is 13.0. The number of carbonyl (C=O) groups excluding carboxylic acids is 1. The first-order valence-electron chi connectivity index (χ1n) is 13.3. The Morgan fingerprint density at radius 2 is 0.938 bits per heavy atom. The standard InChI is InChI=1S/C30H43NO/c1-2-3-4-5-6-7-8-9-10-11-12-13-14-15-16-25-30(32)31-28-23-19-17-21-26(28)27-22-18-20-24-29(27)31/h17-24H,2-16,25H2,1H3. The van der Waals surface area contributed by atoms with Gasteiger partial charge in [-0.2, -0.15) is 0 Å². The van der Waals surface area contributed by atoms with Gasteiger partial charge < -0.3 is 0 Å². The first kappa shape index (κ1) is 24.6. The van der Waals surface area contributed by atoms with Crippen molar-refractivity contribution in [2.24, 2.45) is 0 Å². The lowest BCUT2D eigenvalue weighted by Crippen LogP contribution is -2.09. The third-order valence-corrected chi connectivity index (χ3v) is 6.82. The normalized spacial score (nSPS) is 11.5. The van der Waals surface area contributed by atoms with Crippen LogP contribution in [-0.4, -0.2) is 10.5 Å². The van der Waals surface area contributed by atoms with E-state index in [1.807, 2.05) is 16.7 Å². The van der Waals surface area contributed by atoms with Gasteiger partial charge in [0, 0.05) is 17.2 Å². The Morgan fingerprint density at radius 1 is 0.562 bits per heavy atom. The lowest BCUT2D eigenvalue weighted by Gasteiger charge is -2.06. The smallest absolute Gasteiger partial charge is 0.231 e. The SMILES string of the molecule is CCCCCCCCCCCCCCCCCC(=O)n1c2ccccc2c2ccccc21. The Kier molecular flexibility index (Phi) is 10.8. The molecule has 1 heterocycles. The number of benzene rings is 2. The lowest BCUT2D eigenvalue weighted by atomic mass is 10.0. The molecule has 0 aliphatic rings. The molecule has 0 atom stereocenters. The van der Waals surface area contributed by atoms with E-state index in [1.165, 1.54) is 101 Å². The molecule has 2 nitrogen and oxygen atoms in total. The number of nitrogens with zero attached hydrogens (tertiary/aromatic N) is 1. The van der Waals surface area contributed by atoms with Crippen LogP contribution in [0.25, 0.3) is 21.8 Å². The second-order valence-corrected chi connectivity index (χ2v) is 9.46. The molecular formula is C30H43NO.